The fraction of sp³-hybridized carbons (Fsp3) is 0.263. The van der Waals surface area contributed by atoms with Crippen molar-refractivity contribution < 1.29 is 23.9 Å². The van der Waals surface area contributed by atoms with E-state index in [-0.39, 0.29) is 44.4 Å². The second-order valence-corrected chi connectivity index (χ2v) is 13.5. The van der Waals surface area contributed by atoms with Crippen molar-refractivity contribution in [3.63, 3.8) is 0 Å². The average Bonchev–Trinajstić information content (AvgIpc) is 3.44. The van der Waals surface area contributed by atoms with Gasteiger partial charge in [0.2, 0.25) is 11.8 Å². The highest BCUT2D eigenvalue weighted by Crippen LogP contribution is 2.32. The first kappa shape index (κ1) is 35.7. The molecule has 11 nitrogen and oxygen atoms in total. The lowest BCUT2D eigenvalue weighted by Crippen LogP contribution is -2.66. The Morgan fingerprint density at radius 1 is 0.961 bits per heavy atom. The van der Waals surface area contributed by atoms with E-state index in [4.69, 9.17) is 27.9 Å². The highest BCUT2D eigenvalue weighted by Gasteiger charge is 2.52. The molecule has 5 amide bonds. The maximum atomic E-state index is 14.4. The van der Waals surface area contributed by atoms with E-state index < -0.39 is 24.3 Å². The van der Waals surface area contributed by atoms with Crippen molar-refractivity contribution in [1.82, 2.24) is 30.0 Å². The molecule has 4 aromatic rings. The predicted molar refractivity (Wildman–Crippen MR) is 196 cm³/mol. The monoisotopic (exact) mass is 728 g/mol. The van der Waals surface area contributed by atoms with Gasteiger partial charge < -0.3 is 24.8 Å². The summed E-state index contributed by atoms with van der Waals surface area (Å²) in [7, 11) is 3.19. The summed E-state index contributed by atoms with van der Waals surface area (Å²) in [6.07, 6.45) is 0.667. The molecule has 0 bridgehead atoms. The summed E-state index contributed by atoms with van der Waals surface area (Å²) in [6.45, 7) is 4.54. The van der Waals surface area contributed by atoms with Crippen LogP contribution in [-0.2, 0) is 29.1 Å². The molecule has 2 aliphatic rings. The molecule has 2 fully saturated rings. The SMILES string of the molecule is C=CCN(C(=O)NCc1ccc(Cl)c(Cl)c1)N1CC(=O)N2[C@@H](Cc3ccc(OC(=O)N(C)C)cc3)C(=O)N(Cc3cccc4ccccc34)C[C@@H]21. The van der Waals surface area contributed by atoms with Gasteiger partial charge in [-0.2, -0.15) is 5.01 Å². The summed E-state index contributed by atoms with van der Waals surface area (Å²) in [5.74, 6) is -0.110. The van der Waals surface area contributed by atoms with Crippen LogP contribution in [0, 0.1) is 0 Å². The molecular weight excluding hydrogens is 691 g/mol. The van der Waals surface area contributed by atoms with Crippen molar-refractivity contribution in [2.45, 2.75) is 31.7 Å². The van der Waals surface area contributed by atoms with E-state index in [1.165, 1.54) is 9.91 Å². The zero-order chi connectivity index (χ0) is 36.2. The zero-order valence-electron chi connectivity index (χ0n) is 28.3. The van der Waals surface area contributed by atoms with Crippen molar-refractivity contribution in [2.24, 2.45) is 0 Å². The minimum atomic E-state index is -0.851. The third kappa shape index (κ3) is 7.80. The minimum Gasteiger partial charge on any atom is -0.410 e. The van der Waals surface area contributed by atoms with E-state index in [1.54, 1.807) is 77.4 Å². The summed E-state index contributed by atoms with van der Waals surface area (Å²) in [6, 6.07) is 24.7. The number of nitrogens with zero attached hydrogens (tertiary/aromatic N) is 5. The van der Waals surface area contributed by atoms with Gasteiger partial charge in [0.15, 0.2) is 0 Å². The molecule has 2 aliphatic heterocycles. The van der Waals surface area contributed by atoms with Gasteiger partial charge in [0, 0.05) is 33.6 Å². The molecule has 4 aromatic carbocycles. The maximum absolute atomic E-state index is 14.4. The van der Waals surface area contributed by atoms with E-state index in [9.17, 15) is 19.2 Å². The quantitative estimate of drug-likeness (QED) is 0.203. The van der Waals surface area contributed by atoms with E-state index in [2.05, 4.69) is 11.9 Å². The highest BCUT2D eigenvalue weighted by molar-refractivity contribution is 6.42. The van der Waals surface area contributed by atoms with Gasteiger partial charge in [0.25, 0.3) is 0 Å². The third-order valence-corrected chi connectivity index (χ3v) is 9.74. The van der Waals surface area contributed by atoms with Gasteiger partial charge in [-0.15, -0.1) is 6.58 Å². The smallest absolute Gasteiger partial charge is 0.410 e. The number of carbonyl (C=O) groups is 4. The van der Waals surface area contributed by atoms with E-state index in [0.29, 0.717) is 22.3 Å². The second-order valence-electron chi connectivity index (χ2n) is 12.6. The molecule has 0 unspecified atom stereocenters. The number of piperazine rings is 1. The van der Waals surface area contributed by atoms with Crippen molar-refractivity contribution in [2.75, 3.05) is 33.7 Å². The molecule has 0 radical (unpaired) electrons. The fourth-order valence-corrected chi connectivity index (χ4v) is 6.80. The number of carbonyl (C=O) groups excluding carboxylic acids is 4. The molecule has 2 atom stereocenters. The number of hydrazine groups is 1. The fourth-order valence-electron chi connectivity index (χ4n) is 6.48. The lowest BCUT2D eigenvalue weighted by molar-refractivity contribution is -0.157. The van der Waals surface area contributed by atoms with Crippen molar-refractivity contribution in [1.29, 1.82) is 0 Å². The molecule has 264 valence electrons. The van der Waals surface area contributed by atoms with E-state index in [1.807, 2.05) is 42.5 Å². The van der Waals surface area contributed by atoms with Crippen LogP contribution in [0.1, 0.15) is 16.7 Å². The molecular formula is C38H38Cl2N6O5. The standard InChI is InChI=1S/C38H38Cl2N6O5/c1-4-18-44(37(49)41-21-26-14-17-31(39)32(40)19-26)45-24-35(47)46-33(20-25-12-15-29(16-13-25)51-38(50)42(2)3)36(48)43(23-34(45)46)22-28-10-7-9-27-8-5-6-11-30(27)28/h4-17,19,33-34H,1,18,20-24H2,2-3H3,(H,41,49)/t33-,34+/m0/s1. The maximum Gasteiger partial charge on any atom is 0.414 e. The van der Waals surface area contributed by atoms with E-state index >= 15 is 0 Å². The van der Waals surface area contributed by atoms with Crippen LogP contribution in [-0.4, -0.2) is 94.6 Å². The molecule has 2 saturated heterocycles. The van der Waals surface area contributed by atoms with Gasteiger partial charge in [-0.25, -0.2) is 9.59 Å². The van der Waals surface area contributed by atoms with Crippen molar-refractivity contribution in [3.05, 3.63) is 124 Å². The largest absolute Gasteiger partial charge is 0.414 e. The van der Waals surface area contributed by atoms with Crippen LogP contribution < -0.4 is 10.1 Å². The van der Waals surface area contributed by atoms with Crippen LogP contribution in [0.4, 0.5) is 9.59 Å². The van der Waals surface area contributed by atoms with Crippen LogP contribution in [0.5, 0.6) is 5.75 Å². The summed E-state index contributed by atoms with van der Waals surface area (Å²) in [5.41, 5.74) is 2.50. The Morgan fingerprint density at radius 3 is 2.41 bits per heavy atom. The summed E-state index contributed by atoms with van der Waals surface area (Å²) in [5, 5.41) is 8.97. The number of ether oxygens (including phenoxy) is 1. The number of rotatable bonds is 10. The zero-order valence-corrected chi connectivity index (χ0v) is 29.8. The average molecular weight is 730 g/mol. The van der Waals surface area contributed by atoms with Gasteiger partial charge in [-0.05, 0) is 51.7 Å². The van der Waals surface area contributed by atoms with E-state index in [0.717, 1.165) is 27.5 Å². The molecule has 6 rings (SSSR count). The molecule has 0 spiro atoms. The normalized spacial score (nSPS) is 17.3. The Balaban J connectivity index is 1.29. The number of nitrogens with one attached hydrogen (secondary N) is 1. The van der Waals surface area contributed by atoms with Gasteiger partial charge >= 0.3 is 12.1 Å². The first-order valence-corrected chi connectivity index (χ1v) is 17.2. The molecule has 0 aromatic heterocycles. The summed E-state index contributed by atoms with van der Waals surface area (Å²) >= 11 is 12.3. The molecule has 13 heteroatoms. The number of hydrogen-bond donors (Lipinski definition) is 1. The number of fused-ring (bicyclic) bond motifs is 2. The molecule has 0 aliphatic carbocycles. The minimum absolute atomic E-state index is 0.107. The Labute approximate surface area is 306 Å². The predicted octanol–water partition coefficient (Wildman–Crippen LogP) is 5.94. The number of hydrogen-bond acceptors (Lipinski definition) is 6. The van der Waals surface area contributed by atoms with Gasteiger partial charge in [-0.1, -0.05) is 89.9 Å². The first-order chi connectivity index (χ1) is 24.5. The topological polar surface area (TPSA) is 106 Å². The van der Waals surface area contributed by atoms with Crippen LogP contribution >= 0.6 is 23.2 Å². The van der Waals surface area contributed by atoms with Gasteiger partial charge in [-0.3, -0.25) is 14.6 Å². The lowest BCUT2D eigenvalue weighted by atomic mass is 9.99. The molecule has 1 N–H and O–H groups in total. The lowest BCUT2D eigenvalue weighted by Gasteiger charge is -2.46. The third-order valence-electron chi connectivity index (χ3n) is 9.00. The molecule has 2 heterocycles. The Hall–Kier alpha value is -5.10. The Morgan fingerprint density at radius 2 is 1.69 bits per heavy atom. The number of urea groups is 1. The van der Waals surface area contributed by atoms with Crippen LogP contribution in [0.3, 0.4) is 0 Å². The first-order valence-electron chi connectivity index (χ1n) is 16.5. The van der Waals surface area contributed by atoms with Gasteiger partial charge in [0.1, 0.15) is 18.0 Å². The molecule has 51 heavy (non-hydrogen) atoms. The Kier molecular flexibility index (Phi) is 10.8. The van der Waals surface area contributed by atoms with Crippen molar-refractivity contribution in [3.8, 4) is 5.75 Å². The van der Waals surface area contributed by atoms with Crippen LogP contribution in [0.2, 0.25) is 10.0 Å². The highest BCUT2D eigenvalue weighted by atomic mass is 35.5. The van der Waals surface area contributed by atoms with Crippen LogP contribution in [0.15, 0.2) is 97.6 Å². The number of benzene rings is 4. The van der Waals surface area contributed by atoms with Gasteiger partial charge in [0.05, 0.1) is 29.7 Å². The van der Waals surface area contributed by atoms with Crippen molar-refractivity contribution >= 4 is 57.9 Å². The summed E-state index contributed by atoms with van der Waals surface area (Å²) in [4.78, 5) is 58.8. The van der Waals surface area contributed by atoms with Crippen LogP contribution in [0.25, 0.3) is 10.8 Å². The number of amides is 5. The summed E-state index contributed by atoms with van der Waals surface area (Å²) < 4.78 is 5.37. The second kappa shape index (κ2) is 15.4. The molecule has 0 saturated carbocycles. The number of halogens is 2. The Bertz CT molecular complexity index is 1970.